The lowest BCUT2D eigenvalue weighted by Gasteiger charge is -2.15. The van der Waals surface area contributed by atoms with Crippen molar-refractivity contribution in [1.29, 1.82) is 0 Å². The predicted molar refractivity (Wildman–Crippen MR) is 67.8 cm³/mol. The molecule has 0 spiro atoms. The number of nitrogens with one attached hydrogen (secondary N) is 1. The molecule has 0 aliphatic rings. The first-order valence-corrected chi connectivity index (χ1v) is 5.86. The Hall–Kier alpha value is -1.67. The summed E-state index contributed by atoms with van der Waals surface area (Å²) in [5.74, 6) is 5.26. The Kier molecular flexibility index (Phi) is 5.71. The molecule has 0 amide bonds. The molecule has 0 fully saturated rings. The van der Waals surface area contributed by atoms with Gasteiger partial charge in [-0.3, -0.25) is 0 Å². The molecular formula is C14H16F3NO. The van der Waals surface area contributed by atoms with Crippen molar-refractivity contribution >= 4 is 0 Å². The molecule has 0 heterocycles. The van der Waals surface area contributed by atoms with E-state index in [1.54, 1.807) is 20.0 Å². The minimum absolute atomic E-state index is 0.148. The second-order valence-corrected chi connectivity index (χ2v) is 3.88. The van der Waals surface area contributed by atoms with Gasteiger partial charge >= 0.3 is 6.18 Å². The van der Waals surface area contributed by atoms with Crippen molar-refractivity contribution in [1.82, 2.24) is 5.32 Å². The second kappa shape index (κ2) is 7.05. The van der Waals surface area contributed by atoms with E-state index in [2.05, 4.69) is 17.2 Å². The van der Waals surface area contributed by atoms with Crippen molar-refractivity contribution in [2.75, 3.05) is 13.7 Å². The Morgan fingerprint density at radius 1 is 1.32 bits per heavy atom. The molecule has 0 aliphatic heterocycles. The van der Waals surface area contributed by atoms with Crippen molar-refractivity contribution in [3.05, 3.63) is 29.3 Å². The van der Waals surface area contributed by atoms with E-state index < -0.39 is 11.7 Å². The third kappa shape index (κ3) is 4.84. The van der Waals surface area contributed by atoms with Crippen molar-refractivity contribution in [3.63, 3.8) is 0 Å². The monoisotopic (exact) mass is 271 g/mol. The fraction of sp³-hybridized carbons (Fsp3) is 0.429. The molecule has 2 nitrogen and oxygen atoms in total. The fourth-order valence-electron chi connectivity index (χ4n) is 1.58. The topological polar surface area (TPSA) is 21.3 Å². The van der Waals surface area contributed by atoms with Crippen molar-refractivity contribution in [2.24, 2.45) is 0 Å². The molecule has 0 bridgehead atoms. The van der Waals surface area contributed by atoms with E-state index in [4.69, 9.17) is 4.74 Å². The molecule has 0 radical (unpaired) electrons. The maximum atomic E-state index is 12.9. The minimum atomic E-state index is -4.42. The normalized spacial score (nSPS) is 10.8. The van der Waals surface area contributed by atoms with Crippen LogP contribution in [0.4, 0.5) is 13.2 Å². The molecular weight excluding hydrogens is 255 g/mol. The van der Waals surface area contributed by atoms with Gasteiger partial charge in [0.1, 0.15) is 5.75 Å². The molecule has 0 saturated carbocycles. The lowest BCUT2D eigenvalue weighted by atomic mass is 10.1. The van der Waals surface area contributed by atoms with E-state index in [0.717, 1.165) is 6.07 Å². The maximum Gasteiger partial charge on any atom is 0.419 e. The Morgan fingerprint density at radius 3 is 2.63 bits per heavy atom. The number of benzene rings is 1. The molecule has 1 N–H and O–H groups in total. The zero-order valence-electron chi connectivity index (χ0n) is 10.9. The summed E-state index contributed by atoms with van der Waals surface area (Å²) in [5.41, 5.74) is -0.180. The number of hydrogen-bond donors (Lipinski definition) is 1. The van der Waals surface area contributed by atoms with Crippen LogP contribution in [0.3, 0.4) is 0 Å². The summed E-state index contributed by atoms with van der Waals surface area (Å²) in [7, 11) is 1.68. The SMILES string of the molecule is CC#CCCOc1ccc(CNC)cc1C(F)(F)F. The summed E-state index contributed by atoms with van der Waals surface area (Å²) in [6.07, 6.45) is -4.01. The number of hydrogen-bond acceptors (Lipinski definition) is 2. The zero-order valence-corrected chi connectivity index (χ0v) is 10.9. The van der Waals surface area contributed by atoms with Crippen LogP contribution < -0.4 is 10.1 Å². The highest BCUT2D eigenvalue weighted by Crippen LogP contribution is 2.36. The van der Waals surface area contributed by atoms with Crippen LogP contribution in [0.5, 0.6) is 5.75 Å². The van der Waals surface area contributed by atoms with Gasteiger partial charge in [-0.25, -0.2) is 0 Å². The number of rotatable bonds is 5. The summed E-state index contributed by atoms with van der Waals surface area (Å²) >= 11 is 0. The molecule has 0 aromatic heterocycles. The molecule has 1 rings (SSSR count). The van der Waals surface area contributed by atoms with E-state index >= 15 is 0 Å². The summed E-state index contributed by atoms with van der Waals surface area (Å²) < 4.78 is 43.9. The molecule has 1 aromatic rings. The highest BCUT2D eigenvalue weighted by Gasteiger charge is 2.34. The van der Waals surface area contributed by atoms with Crippen LogP contribution in [0.15, 0.2) is 18.2 Å². The first kappa shape index (κ1) is 15.4. The standard InChI is InChI=1S/C14H16F3NO/c1-3-4-5-8-19-13-7-6-11(10-18-2)9-12(13)14(15,16)17/h6-7,9,18H,5,8,10H2,1-2H3. The molecule has 0 saturated heterocycles. The largest absolute Gasteiger partial charge is 0.492 e. The van der Waals surface area contributed by atoms with Crippen LogP contribution in [-0.4, -0.2) is 13.7 Å². The third-order valence-electron chi connectivity index (χ3n) is 2.39. The van der Waals surface area contributed by atoms with E-state index in [1.165, 1.54) is 6.07 Å². The molecule has 19 heavy (non-hydrogen) atoms. The van der Waals surface area contributed by atoms with Crippen LogP contribution in [0, 0.1) is 11.8 Å². The van der Waals surface area contributed by atoms with Crippen LogP contribution in [0.2, 0.25) is 0 Å². The first-order valence-electron chi connectivity index (χ1n) is 5.86. The Bertz CT molecular complexity index is 472. The van der Waals surface area contributed by atoms with E-state index in [9.17, 15) is 13.2 Å². The third-order valence-corrected chi connectivity index (χ3v) is 2.39. The van der Waals surface area contributed by atoms with Crippen LogP contribution >= 0.6 is 0 Å². The van der Waals surface area contributed by atoms with Crippen LogP contribution in [0.25, 0.3) is 0 Å². The Balaban J connectivity index is 2.91. The zero-order chi connectivity index (χ0) is 14.3. The molecule has 0 unspecified atom stereocenters. The van der Waals surface area contributed by atoms with Crippen molar-refractivity contribution in [3.8, 4) is 17.6 Å². The first-order chi connectivity index (χ1) is 8.99. The van der Waals surface area contributed by atoms with Gasteiger partial charge < -0.3 is 10.1 Å². The van der Waals surface area contributed by atoms with Gasteiger partial charge in [-0.2, -0.15) is 13.2 Å². The van der Waals surface area contributed by atoms with E-state index in [0.29, 0.717) is 18.5 Å². The highest BCUT2D eigenvalue weighted by molar-refractivity contribution is 5.39. The minimum Gasteiger partial charge on any atom is -0.492 e. The Labute approximate surface area is 111 Å². The number of ether oxygens (including phenoxy) is 1. The van der Waals surface area contributed by atoms with Crippen LogP contribution in [-0.2, 0) is 12.7 Å². The van der Waals surface area contributed by atoms with Crippen molar-refractivity contribution < 1.29 is 17.9 Å². The highest BCUT2D eigenvalue weighted by atomic mass is 19.4. The van der Waals surface area contributed by atoms with E-state index in [-0.39, 0.29) is 12.4 Å². The quantitative estimate of drug-likeness (QED) is 0.656. The maximum absolute atomic E-state index is 12.9. The van der Waals surface area contributed by atoms with Gasteiger partial charge in [-0.1, -0.05) is 6.07 Å². The molecule has 5 heteroatoms. The van der Waals surface area contributed by atoms with Crippen molar-refractivity contribution in [2.45, 2.75) is 26.1 Å². The molecule has 1 aromatic carbocycles. The van der Waals surface area contributed by atoms with Gasteiger partial charge in [-0.05, 0) is 31.7 Å². The summed E-state index contributed by atoms with van der Waals surface area (Å²) in [6, 6.07) is 4.08. The fourth-order valence-corrected chi connectivity index (χ4v) is 1.58. The predicted octanol–water partition coefficient (Wildman–Crippen LogP) is 3.22. The number of halogens is 3. The molecule has 104 valence electrons. The lowest BCUT2D eigenvalue weighted by Crippen LogP contribution is -2.12. The number of alkyl halides is 3. The molecule has 0 aliphatic carbocycles. The average molecular weight is 271 g/mol. The smallest absolute Gasteiger partial charge is 0.419 e. The van der Waals surface area contributed by atoms with Gasteiger partial charge in [0.25, 0.3) is 0 Å². The Morgan fingerprint density at radius 2 is 2.05 bits per heavy atom. The summed E-state index contributed by atoms with van der Waals surface area (Å²) in [4.78, 5) is 0. The molecule has 0 atom stereocenters. The van der Waals surface area contributed by atoms with Gasteiger partial charge in [0.05, 0.1) is 12.2 Å². The second-order valence-electron chi connectivity index (χ2n) is 3.88. The van der Waals surface area contributed by atoms with Crippen LogP contribution in [0.1, 0.15) is 24.5 Å². The van der Waals surface area contributed by atoms with Gasteiger partial charge in [-0.15, -0.1) is 11.8 Å². The van der Waals surface area contributed by atoms with E-state index in [1.807, 2.05) is 0 Å². The van der Waals surface area contributed by atoms with Gasteiger partial charge in [0.15, 0.2) is 0 Å². The van der Waals surface area contributed by atoms with Gasteiger partial charge in [0, 0.05) is 13.0 Å². The lowest BCUT2D eigenvalue weighted by molar-refractivity contribution is -0.139. The summed E-state index contributed by atoms with van der Waals surface area (Å²) in [5, 5.41) is 2.82. The average Bonchev–Trinajstić information content (AvgIpc) is 2.35. The summed E-state index contributed by atoms with van der Waals surface area (Å²) in [6.45, 7) is 2.20. The van der Waals surface area contributed by atoms with Gasteiger partial charge in [0.2, 0.25) is 0 Å².